The normalized spacial score (nSPS) is 11.8. The van der Waals surface area contributed by atoms with Crippen LogP contribution in [0, 0.1) is 5.92 Å². The molecule has 0 unspecified atom stereocenters. The molecule has 0 heterocycles. The van der Waals surface area contributed by atoms with Crippen LogP contribution in [0.1, 0.15) is 37.4 Å². The molecule has 0 aromatic heterocycles. The maximum Gasteiger partial charge on any atom is 0.124 e. The number of hydrogen-bond acceptors (Lipinski definition) is 3. The van der Waals surface area contributed by atoms with Gasteiger partial charge >= 0.3 is 0 Å². The van der Waals surface area contributed by atoms with Crippen LogP contribution in [-0.2, 0) is 6.61 Å². The number of nitrogens with two attached hydrogens (primary N) is 1. The van der Waals surface area contributed by atoms with E-state index in [0.717, 1.165) is 17.5 Å². The minimum absolute atomic E-state index is 0. The Morgan fingerprint density at radius 2 is 1.77 bits per heavy atom. The van der Waals surface area contributed by atoms with Crippen molar-refractivity contribution in [2.24, 2.45) is 11.7 Å². The Bertz CT molecular complexity index is 573. The number of aromatic hydroxyl groups is 1. The first-order chi connectivity index (χ1) is 10.1. The molecule has 1 atom stereocenters. The molecule has 0 fully saturated rings. The summed E-state index contributed by atoms with van der Waals surface area (Å²) in [5, 5.41) is 10.1. The predicted molar refractivity (Wildman–Crippen MR) is 92.5 cm³/mol. The van der Waals surface area contributed by atoms with Crippen molar-refractivity contribution in [3.63, 3.8) is 0 Å². The summed E-state index contributed by atoms with van der Waals surface area (Å²) in [6.45, 7) is 4.72. The molecular weight excluding hydrogens is 298 g/mol. The molecule has 0 saturated heterocycles. The number of phenols is 1. The number of rotatable bonds is 6. The van der Waals surface area contributed by atoms with Gasteiger partial charge in [-0.05, 0) is 24.0 Å². The van der Waals surface area contributed by atoms with Crippen LogP contribution in [0.4, 0.5) is 0 Å². The lowest BCUT2D eigenvalue weighted by molar-refractivity contribution is 0.304. The molecule has 3 nitrogen and oxygen atoms in total. The highest BCUT2D eigenvalue weighted by Gasteiger charge is 2.13. The van der Waals surface area contributed by atoms with Gasteiger partial charge in [0.25, 0.3) is 0 Å². The van der Waals surface area contributed by atoms with Gasteiger partial charge in [0, 0.05) is 17.7 Å². The first-order valence-electron chi connectivity index (χ1n) is 7.31. The molecule has 0 bridgehead atoms. The highest BCUT2D eigenvalue weighted by Crippen LogP contribution is 2.30. The van der Waals surface area contributed by atoms with Crippen molar-refractivity contribution in [1.82, 2.24) is 0 Å². The van der Waals surface area contributed by atoms with Gasteiger partial charge in [-0.3, -0.25) is 0 Å². The second-order valence-corrected chi connectivity index (χ2v) is 5.73. The molecule has 3 N–H and O–H groups in total. The Morgan fingerprint density at radius 1 is 1.09 bits per heavy atom. The molecule has 0 amide bonds. The zero-order chi connectivity index (χ0) is 15.2. The van der Waals surface area contributed by atoms with E-state index in [1.807, 2.05) is 42.5 Å². The van der Waals surface area contributed by atoms with Gasteiger partial charge in [-0.25, -0.2) is 0 Å². The third-order valence-electron chi connectivity index (χ3n) is 3.38. The van der Waals surface area contributed by atoms with Gasteiger partial charge in [-0.2, -0.15) is 0 Å². The molecule has 22 heavy (non-hydrogen) atoms. The van der Waals surface area contributed by atoms with E-state index in [0.29, 0.717) is 18.3 Å². The summed E-state index contributed by atoms with van der Waals surface area (Å²) in [4.78, 5) is 0. The van der Waals surface area contributed by atoms with Crippen LogP contribution < -0.4 is 10.5 Å². The van der Waals surface area contributed by atoms with Gasteiger partial charge in [0.2, 0.25) is 0 Å². The molecule has 0 spiro atoms. The average Bonchev–Trinajstić information content (AvgIpc) is 2.45. The van der Waals surface area contributed by atoms with E-state index in [-0.39, 0.29) is 24.2 Å². The fraction of sp³-hybridized carbons (Fsp3) is 0.333. The Kier molecular flexibility index (Phi) is 7.22. The first kappa shape index (κ1) is 18.3. The average molecular weight is 322 g/mol. The molecule has 120 valence electrons. The maximum atomic E-state index is 10.1. The molecule has 2 aromatic rings. The van der Waals surface area contributed by atoms with E-state index in [4.69, 9.17) is 10.5 Å². The third-order valence-corrected chi connectivity index (χ3v) is 3.38. The Labute approximate surface area is 138 Å². The smallest absolute Gasteiger partial charge is 0.124 e. The fourth-order valence-electron chi connectivity index (χ4n) is 2.30. The van der Waals surface area contributed by atoms with E-state index in [2.05, 4.69) is 13.8 Å². The van der Waals surface area contributed by atoms with Crippen molar-refractivity contribution in [1.29, 1.82) is 0 Å². The van der Waals surface area contributed by atoms with Crippen LogP contribution in [0.5, 0.6) is 11.5 Å². The van der Waals surface area contributed by atoms with Crippen molar-refractivity contribution in [3.8, 4) is 11.5 Å². The summed E-state index contributed by atoms with van der Waals surface area (Å²) in [7, 11) is 0. The Hall–Kier alpha value is -1.71. The summed E-state index contributed by atoms with van der Waals surface area (Å²) in [6, 6.07) is 15.1. The molecule has 0 aliphatic carbocycles. The minimum atomic E-state index is -0.145. The van der Waals surface area contributed by atoms with Gasteiger partial charge in [-0.1, -0.05) is 50.2 Å². The molecule has 0 aliphatic rings. The summed E-state index contributed by atoms with van der Waals surface area (Å²) in [6.07, 6.45) is 0.845. The van der Waals surface area contributed by atoms with E-state index >= 15 is 0 Å². The van der Waals surface area contributed by atoms with Crippen molar-refractivity contribution in [3.05, 3.63) is 59.7 Å². The monoisotopic (exact) mass is 321 g/mol. The summed E-state index contributed by atoms with van der Waals surface area (Å²) in [5.41, 5.74) is 7.98. The van der Waals surface area contributed by atoms with Crippen LogP contribution in [0.15, 0.2) is 48.5 Å². The van der Waals surface area contributed by atoms with Gasteiger partial charge in [0.15, 0.2) is 0 Å². The van der Waals surface area contributed by atoms with E-state index in [9.17, 15) is 5.11 Å². The van der Waals surface area contributed by atoms with Crippen LogP contribution in [0.25, 0.3) is 0 Å². The van der Waals surface area contributed by atoms with E-state index < -0.39 is 0 Å². The highest BCUT2D eigenvalue weighted by molar-refractivity contribution is 5.85. The fourth-order valence-corrected chi connectivity index (χ4v) is 2.30. The molecule has 2 rings (SSSR count). The lowest BCUT2D eigenvalue weighted by atomic mass is 9.97. The Balaban J connectivity index is 0.00000242. The zero-order valence-electron chi connectivity index (χ0n) is 13.0. The van der Waals surface area contributed by atoms with Gasteiger partial charge in [0.05, 0.1) is 0 Å². The van der Waals surface area contributed by atoms with E-state index in [1.165, 1.54) is 0 Å². The van der Waals surface area contributed by atoms with Crippen molar-refractivity contribution in [2.75, 3.05) is 0 Å². The lowest BCUT2D eigenvalue weighted by Crippen LogP contribution is -2.13. The number of phenolic OH excluding ortho intramolecular Hbond substituents is 1. The predicted octanol–water partition coefficient (Wildman–Crippen LogP) is 4.44. The second-order valence-electron chi connectivity index (χ2n) is 5.73. The van der Waals surface area contributed by atoms with Crippen LogP contribution >= 0.6 is 12.4 Å². The minimum Gasteiger partial charge on any atom is -0.507 e. The van der Waals surface area contributed by atoms with Gasteiger partial charge in [0.1, 0.15) is 18.1 Å². The van der Waals surface area contributed by atoms with Gasteiger partial charge < -0.3 is 15.6 Å². The quantitative estimate of drug-likeness (QED) is 0.827. The third kappa shape index (κ3) is 5.24. The molecule has 0 aliphatic heterocycles. The van der Waals surface area contributed by atoms with Gasteiger partial charge in [-0.15, -0.1) is 12.4 Å². The summed E-state index contributed by atoms with van der Waals surface area (Å²) < 4.78 is 5.69. The first-order valence-corrected chi connectivity index (χ1v) is 7.31. The second kappa shape index (κ2) is 8.66. The standard InChI is InChI=1S/C18H23NO2.ClH/c1-13(2)10-17(19)16-9-8-15(11-18(16)20)21-12-14-6-4-3-5-7-14;/h3-9,11,13,17,20H,10,12,19H2,1-2H3;1H/t17-;/m0./s1. The molecule has 4 heteroatoms. The number of halogens is 1. The number of benzene rings is 2. The number of hydrogen-bond donors (Lipinski definition) is 2. The highest BCUT2D eigenvalue weighted by atomic mass is 35.5. The SMILES string of the molecule is CC(C)C[C@H](N)c1ccc(OCc2ccccc2)cc1O.Cl. The van der Waals surface area contributed by atoms with Crippen molar-refractivity contribution in [2.45, 2.75) is 32.9 Å². The van der Waals surface area contributed by atoms with Crippen molar-refractivity contribution >= 4 is 12.4 Å². The van der Waals surface area contributed by atoms with Crippen LogP contribution in [0.3, 0.4) is 0 Å². The number of ether oxygens (including phenoxy) is 1. The Morgan fingerprint density at radius 3 is 2.36 bits per heavy atom. The molecule has 0 radical (unpaired) electrons. The largest absolute Gasteiger partial charge is 0.507 e. The zero-order valence-corrected chi connectivity index (χ0v) is 13.8. The maximum absolute atomic E-state index is 10.1. The summed E-state index contributed by atoms with van der Waals surface area (Å²) in [5.74, 6) is 1.35. The molecular formula is C18H24ClNO2. The lowest BCUT2D eigenvalue weighted by Gasteiger charge is -2.16. The van der Waals surface area contributed by atoms with Crippen molar-refractivity contribution < 1.29 is 9.84 Å². The van der Waals surface area contributed by atoms with Crippen LogP contribution in [0.2, 0.25) is 0 Å². The summed E-state index contributed by atoms with van der Waals surface area (Å²) >= 11 is 0. The molecule has 2 aromatic carbocycles. The van der Waals surface area contributed by atoms with E-state index in [1.54, 1.807) is 6.07 Å². The van der Waals surface area contributed by atoms with Crippen LogP contribution in [-0.4, -0.2) is 5.11 Å². The molecule has 0 saturated carbocycles. The topological polar surface area (TPSA) is 55.5 Å².